The number of anilines is 2. The Labute approximate surface area is 320 Å². The summed E-state index contributed by atoms with van der Waals surface area (Å²) >= 11 is 6.04. The highest BCUT2D eigenvalue weighted by atomic mass is 35.5. The van der Waals surface area contributed by atoms with E-state index in [9.17, 15) is 9.18 Å². The molecule has 53 heavy (non-hydrogen) atoms. The van der Waals surface area contributed by atoms with Crippen LogP contribution < -0.4 is 26.5 Å². The number of rotatable bonds is 12. The van der Waals surface area contributed by atoms with Gasteiger partial charge in [0.1, 0.15) is 23.3 Å². The predicted molar refractivity (Wildman–Crippen MR) is 215 cm³/mol. The Morgan fingerprint density at radius 2 is 1.75 bits per heavy atom. The number of para-hydroxylation sites is 1. The van der Waals surface area contributed by atoms with E-state index in [2.05, 4.69) is 40.2 Å². The molecule has 4 aliphatic rings. The molecule has 2 aliphatic heterocycles. The first-order valence-corrected chi connectivity index (χ1v) is 20.0. The zero-order valence-corrected chi connectivity index (χ0v) is 32.7. The second-order valence-electron chi connectivity index (χ2n) is 15.7. The molecule has 1 unspecified atom stereocenters. The average molecular weight is 745 g/mol. The number of benzene rings is 3. The summed E-state index contributed by atoms with van der Waals surface area (Å²) in [7, 11) is 0. The van der Waals surface area contributed by atoms with Crippen molar-refractivity contribution in [2.75, 3.05) is 42.9 Å². The van der Waals surface area contributed by atoms with Gasteiger partial charge in [-0.15, -0.1) is 0 Å². The van der Waals surface area contributed by atoms with Crippen LogP contribution in [0, 0.1) is 18.7 Å². The van der Waals surface area contributed by atoms with Crippen molar-refractivity contribution in [3.05, 3.63) is 99.6 Å². The topological polar surface area (TPSA) is 100 Å². The molecular weight excluding hydrogens is 687 g/mol. The van der Waals surface area contributed by atoms with Crippen LogP contribution >= 0.6 is 11.6 Å². The fraction of sp³-hybridized carbons (Fsp3) is 0.512. The van der Waals surface area contributed by atoms with Crippen molar-refractivity contribution < 1.29 is 13.9 Å². The number of ether oxygens (including phenoxy) is 1. The summed E-state index contributed by atoms with van der Waals surface area (Å²) in [5.41, 5.74) is 11.5. The number of nitrogens with zero attached hydrogens (tertiary/aromatic N) is 3. The molecule has 0 spiro atoms. The van der Waals surface area contributed by atoms with Gasteiger partial charge in [-0.05, 0) is 114 Å². The van der Waals surface area contributed by atoms with Crippen molar-refractivity contribution in [1.29, 1.82) is 0 Å². The van der Waals surface area contributed by atoms with Crippen molar-refractivity contribution in [1.82, 2.24) is 9.91 Å². The second-order valence-corrected chi connectivity index (χ2v) is 16.1. The number of halogens is 2. The number of ketones is 1. The molecule has 3 aromatic rings. The van der Waals surface area contributed by atoms with Crippen LogP contribution in [0.4, 0.5) is 15.8 Å². The van der Waals surface area contributed by atoms with E-state index in [4.69, 9.17) is 27.9 Å². The van der Waals surface area contributed by atoms with E-state index in [1.54, 1.807) is 23.3 Å². The van der Waals surface area contributed by atoms with Crippen LogP contribution in [0.1, 0.15) is 112 Å². The number of hydrazine groups is 1. The van der Waals surface area contributed by atoms with Crippen LogP contribution in [0.25, 0.3) is 0 Å². The summed E-state index contributed by atoms with van der Waals surface area (Å²) in [5.74, 6) is 7.46. The van der Waals surface area contributed by atoms with E-state index >= 15 is 0 Å². The minimum Gasteiger partial charge on any atom is -0.482 e. The lowest BCUT2D eigenvalue weighted by molar-refractivity contribution is 0.0855. The molecule has 0 aromatic heterocycles. The third kappa shape index (κ3) is 8.96. The number of aryl methyl sites for hydroxylation is 1. The highest BCUT2D eigenvalue weighted by molar-refractivity contribution is 6.30. The van der Waals surface area contributed by atoms with Gasteiger partial charge in [0.2, 0.25) is 0 Å². The zero-order chi connectivity index (χ0) is 37.7. The highest BCUT2D eigenvalue weighted by Crippen LogP contribution is 2.42. The molecule has 0 amide bonds. The molecule has 286 valence electrons. The summed E-state index contributed by atoms with van der Waals surface area (Å²) in [4.78, 5) is 18.0. The molecule has 2 saturated carbocycles. The number of hydrogen-bond donors (Lipinski definition) is 3. The Balaban J connectivity index is 0.00000113. The van der Waals surface area contributed by atoms with Crippen LogP contribution in [0.2, 0.25) is 5.02 Å². The Morgan fingerprint density at radius 1 is 1.04 bits per heavy atom. The Kier molecular flexibility index (Phi) is 12.6. The SMILES string of the molecule is C1CCC1.CCN(N)/C(=C\N)CN1c2cc(C(=O)C3CCC3)ccc2NC1CN1CCC(c2cccc(C)c2OC(C)(C)c2ccc(Cl)cc2F)CC1. The van der Waals surface area contributed by atoms with Crippen molar-refractivity contribution in [2.45, 2.75) is 103 Å². The summed E-state index contributed by atoms with van der Waals surface area (Å²) in [6.07, 6.45) is 12.6. The number of carbonyl (C=O) groups is 1. The quantitative estimate of drug-likeness (QED) is 0.0960. The fourth-order valence-electron chi connectivity index (χ4n) is 7.68. The van der Waals surface area contributed by atoms with Gasteiger partial charge >= 0.3 is 0 Å². The van der Waals surface area contributed by atoms with Crippen LogP contribution in [0.15, 0.2) is 66.5 Å². The monoisotopic (exact) mass is 744 g/mol. The van der Waals surface area contributed by atoms with Crippen molar-refractivity contribution >= 4 is 28.8 Å². The average Bonchev–Trinajstić information content (AvgIpc) is 3.41. The maximum Gasteiger partial charge on any atom is 0.166 e. The Morgan fingerprint density at radius 3 is 2.36 bits per heavy atom. The summed E-state index contributed by atoms with van der Waals surface area (Å²) in [6.45, 7) is 11.6. The minimum atomic E-state index is -0.890. The summed E-state index contributed by atoms with van der Waals surface area (Å²) < 4.78 is 21.6. The molecule has 0 radical (unpaired) electrons. The number of carbonyl (C=O) groups excluding carboxylic acids is 1. The molecule has 3 aromatic carbocycles. The van der Waals surface area contributed by atoms with Gasteiger partial charge in [-0.1, -0.05) is 68.0 Å². The standard InChI is InChI=1S/C39H50ClFN6O2.C4H8/c1-5-47(43)30(22-42)23-46-35-20-28(37(48)27-9-7-10-27)12-15-34(35)44-36(46)24-45-18-16-26(17-19-45)31-11-6-8-25(2)38(31)49-39(3,4)32-14-13-29(40)21-33(32)41;1-2-4-3-1/h6,8,11-15,20-22,26-27,36,44H,5,7,9-10,16-19,23-24,42-43H2,1-4H3;1-4H2/b30-22-;. The number of likely N-dealkylation sites (tertiary alicyclic amines) is 1. The molecule has 2 aliphatic carbocycles. The predicted octanol–water partition coefficient (Wildman–Crippen LogP) is 9.08. The van der Waals surface area contributed by atoms with Gasteiger partial charge in [0, 0.05) is 41.4 Å². The van der Waals surface area contributed by atoms with E-state index in [0.717, 1.165) is 85.7 Å². The Bertz CT molecular complexity index is 1760. The Hall–Kier alpha value is -3.79. The zero-order valence-electron chi connectivity index (χ0n) is 32.0. The first-order valence-electron chi connectivity index (χ1n) is 19.6. The molecule has 5 N–H and O–H groups in total. The van der Waals surface area contributed by atoms with Gasteiger partial charge in [0.15, 0.2) is 5.78 Å². The van der Waals surface area contributed by atoms with Crippen LogP contribution in [-0.2, 0) is 5.60 Å². The molecule has 1 atom stereocenters. The van der Waals surface area contributed by atoms with Gasteiger partial charge in [-0.3, -0.25) is 9.69 Å². The fourth-order valence-corrected chi connectivity index (χ4v) is 7.84. The second kappa shape index (κ2) is 17.1. The van der Waals surface area contributed by atoms with E-state index in [-0.39, 0.29) is 23.7 Å². The number of Topliss-reactive ketones (excluding diaryl/α,β-unsaturated/α-hetero) is 1. The highest BCUT2D eigenvalue weighted by Gasteiger charge is 2.35. The van der Waals surface area contributed by atoms with Crippen molar-refractivity contribution in [3.63, 3.8) is 0 Å². The molecule has 10 heteroatoms. The number of fused-ring (bicyclic) bond motifs is 1. The summed E-state index contributed by atoms with van der Waals surface area (Å²) in [6, 6.07) is 17.1. The van der Waals surface area contributed by atoms with E-state index < -0.39 is 5.60 Å². The van der Waals surface area contributed by atoms with Crippen LogP contribution in [0.5, 0.6) is 5.75 Å². The van der Waals surface area contributed by atoms with E-state index in [1.165, 1.54) is 37.3 Å². The lowest BCUT2D eigenvalue weighted by Gasteiger charge is -2.38. The first-order chi connectivity index (χ1) is 25.5. The third-order valence-corrected chi connectivity index (χ3v) is 11.9. The molecular formula is C43H58ClFN6O2. The lowest BCUT2D eigenvalue weighted by Crippen LogP contribution is -2.49. The summed E-state index contributed by atoms with van der Waals surface area (Å²) in [5, 5.41) is 5.78. The van der Waals surface area contributed by atoms with Gasteiger partial charge < -0.3 is 25.7 Å². The van der Waals surface area contributed by atoms with Crippen LogP contribution in [-0.4, -0.2) is 54.6 Å². The maximum atomic E-state index is 15.0. The van der Waals surface area contributed by atoms with Gasteiger partial charge in [-0.2, -0.15) is 0 Å². The molecule has 3 fully saturated rings. The van der Waals surface area contributed by atoms with Gasteiger partial charge in [0.05, 0.1) is 23.6 Å². The van der Waals surface area contributed by atoms with E-state index in [0.29, 0.717) is 29.6 Å². The molecule has 2 heterocycles. The number of hydrogen-bond acceptors (Lipinski definition) is 8. The normalized spacial score (nSPS) is 19.3. The van der Waals surface area contributed by atoms with Crippen molar-refractivity contribution in [3.8, 4) is 5.75 Å². The number of nitrogens with one attached hydrogen (secondary N) is 1. The smallest absolute Gasteiger partial charge is 0.166 e. The van der Waals surface area contributed by atoms with Gasteiger partial charge in [-0.25, -0.2) is 10.2 Å². The maximum absolute atomic E-state index is 15.0. The lowest BCUT2D eigenvalue weighted by atomic mass is 9.80. The molecule has 1 saturated heterocycles. The number of likely N-dealkylation sites (N-methyl/N-ethyl adjacent to an activating group) is 1. The van der Waals surface area contributed by atoms with Crippen LogP contribution in [0.3, 0.4) is 0 Å². The third-order valence-electron chi connectivity index (χ3n) is 11.6. The molecule has 8 nitrogen and oxygen atoms in total. The van der Waals surface area contributed by atoms with Gasteiger partial charge in [0.25, 0.3) is 0 Å². The number of piperidine rings is 1. The van der Waals surface area contributed by atoms with E-state index in [1.807, 2.05) is 39.0 Å². The molecule has 0 bridgehead atoms. The number of nitrogens with two attached hydrogens (primary N) is 2. The van der Waals surface area contributed by atoms with Crippen molar-refractivity contribution in [2.24, 2.45) is 17.5 Å². The molecule has 7 rings (SSSR count). The first kappa shape index (κ1) is 38.9. The minimum absolute atomic E-state index is 0.0197. The largest absolute Gasteiger partial charge is 0.482 e.